The second kappa shape index (κ2) is 9.06. The molecule has 0 aliphatic heterocycles. The van der Waals surface area contributed by atoms with Gasteiger partial charge in [0, 0.05) is 23.5 Å². The highest BCUT2D eigenvalue weighted by atomic mass is 16.3. The summed E-state index contributed by atoms with van der Waals surface area (Å²) < 4.78 is 0. The molecular formula is C28H40O3. The molecule has 0 aromatic heterocycles. The Kier molecular flexibility index (Phi) is 7.30. The second-order valence-electron chi connectivity index (χ2n) is 10.8. The Morgan fingerprint density at radius 3 is 1.39 bits per heavy atom. The first-order valence-electron chi connectivity index (χ1n) is 11.4. The fraction of sp³-hybridized carbons (Fsp3) is 0.536. The molecule has 2 N–H and O–H groups in total. The van der Waals surface area contributed by atoms with Crippen LogP contribution in [0.3, 0.4) is 0 Å². The van der Waals surface area contributed by atoms with Gasteiger partial charge >= 0.3 is 0 Å². The van der Waals surface area contributed by atoms with Gasteiger partial charge in [-0.1, -0.05) is 79.7 Å². The van der Waals surface area contributed by atoms with E-state index in [-0.39, 0.29) is 34.5 Å². The van der Waals surface area contributed by atoms with E-state index in [1.165, 1.54) is 0 Å². The monoisotopic (exact) mass is 424 g/mol. The Labute approximate surface area is 188 Å². The summed E-state index contributed by atoms with van der Waals surface area (Å²) in [6, 6.07) is 8.14. The predicted molar refractivity (Wildman–Crippen MR) is 130 cm³/mol. The predicted octanol–water partition coefficient (Wildman–Crippen LogP) is 6.93. The number of phenolic OH excluding ortho intramolecular Hbond substituents is 2. The van der Waals surface area contributed by atoms with E-state index in [9.17, 15) is 15.0 Å². The average Bonchev–Trinajstić information content (AvgIpc) is 2.65. The van der Waals surface area contributed by atoms with Crippen LogP contribution >= 0.6 is 0 Å². The number of benzene rings is 2. The van der Waals surface area contributed by atoms with Crippen LogP contribution in [0.25, 0.3) is 0 Å². The Morgan fingerprint density at radius 2 is 1.13 bits per heavy atom. The van der Waals surface area contributed by atoms with Crippen LogP contribution in [0.15, 0.2) is 24.3 Å². The van der Waals surface area contributed by atoms with Gasteiger partial charge in [-0.25, -0.2) is 0 Å². The molecule has 2 aromatic rings. The summed E-state index contributed by atoms with van der Waals surface area (Å²) in [4.78, 5) is 12.3. The van der Waals surface area contributed by atoms with Crippen molar-refractivity contribution in [2.45, 2.75) is 98.3 Å². The van der Waals surface area contributed by atoms with Crippen LogP contribution in [0, 0.1) is 0 Å². The third-order valence-corrected chi connectivity index (χ3v) is 6.07. The number of aromatic hydroxyl groups is 2. The third-order valence-electron chi connectivity index (χ3n) is 6.07. The minimum Gasteiger partial charge on any atom is -0.507 e. The molecule has 3 nitrogen and oxygen atoms in total. The van der Waals surface area contributed by atoms with Crippen LogP contribution in [-0.2, 0) is 28.5 Å². The highest BCUT2D eigenvalue weighted by Gasteiger charge is 2.30. The molecule has 31 heavy (non-hydrogen) atoms. The summed E-state index contributed by atoms with van der Waals surface area (Å²) in [7, 11) is 0. The van der Waals surface area contributed by atoms with Gasteiger partial charge in [0.1, 0.15) is 17.3 Å². The fourth-order valence-electron chi connectivity index (χ4n) is 4.20. The van der Waals surface area contributed by atoms with E-state index < -0.39 is 5.92 Å². The summed E-state index contributed by atoms with van der Waals surface area (Å²) in [6.07, 6.45) is 1.89. The fourth-order valence-corrected chi connectivity index (χ4v) is 4.20. The molecule has 0 heterocycles. The summed E-state index contributed by atoms with van der Waals surface area (Å²) >= 11 is 0. The lowest BCUT2D eigenvalue weighted by atomic mass is 9.76. The van der Waals surface area contributed by atoms with Crippen LogP contribution in [0.4, 0.5) is 0 Å². The van der Waals surface area contributed by atoms with Crippen LogP contribution in [0.1, 0.15) is 108 Å². The van der Waals surface area contributed by atoms with E-state index in [4.69, 9.17) is 0 Å². The molecule has 2 aromatic carbocycles. The van der Waals surface area contributed by atoms with Gasteiger partial charge in [0.25, 0.3) is 0 Å². The topological polar surface area (TPSA) is 57.5 Å². The zero-order valence-corrected chi connectivity index (χ0v) is 20.8. The van der Waals surface area contributed by atoms with Crippen LogP contribution in [0.5, 0.6) is 11.5 Å². The Balaban J connectivity index is 2.90. The van der Waals surface area contributed by atoms with Crippen LogP contribution in [-0.4, -0.2) is 16.0 Å². The molecule has 2 rings (SSSR count). The largest absolute Gasteiger partial charge is 0.507 e. The first kappa shape index (κ1) is 25.0. The van der Waals surface area contributed by atoms with E-state index in [0.717, 1.165) is 46.2 Å². The van der Waals surface area contributed by atoms with Crippen molar-refractivity contribution in [2.75, 3.05) is 0 Å². The Hall–Kier alpha value is -2.29. The number of carbonyl (C=O) groups excluding carboxylic acids is 1. The smallest absolute Gasteiger partial charge is 0.130 e. The summed E-state index contributed by atoms with van der Waals surface area (Å²) in [5.74, 6) is 0.0871. The molecule has 0 amide bonds. The van der Waals surface area contributed by atoms with Gasteiger partial charge in [0.15, 0.2) is 0 Å². The number of ketones is 1. The van der Waals surface area contributed by atoms with Crippen molar-refractivity contribution in [1.82, 2.24) is 0 Å². The molecule has 0 aliphatic rings. The lowest BCUT2D eigenvalue weighted by Gasteiger charge is -2.29. The second-order valence-corrected chi connectivity index (χ2v) is 10.8. The molecule has 0 fully saturated rings. The zero-order valence-electron chi connectivity index (χ0n) is 20.8. The van der Waals surface area contributed by atoms with E-state index in [1.807, 2.05) is 12.1 Å². The number of hydrogen-bond acceptors (Lipinski definition) is 3. The number of aryl methyl sites for hydroxylation is 2. The molecular weight excluding hydrogens is 384 g/mol. The molecule has 0 unspecified atom stereocenters. The van der Waals surface area contributed by atoms with Gasteiger partial charge in [-0.15, -0.1) is 0 Å². The van der Waals surface area contributed by atoms with Crippen LogP contribution in [0.2, 0.25) is 0 Å². The number of hydrogen-bond donors (Lipinski definition) is 2. The summed E-state index contributed by atoms with van der Waals surface area (Å²) in [5, 5.41) is 22.7. The molecule has 0 spiro atoms. The number of phenols is 2. The number of rotatable bonds is 6. The summed E-state index contributed by atoms with van der Waals surface area (Å²) in [6.45, 7) is 18.2. The van der Waals surface area contributed by atoms with Crippen molar-refractivity contribution >= 4 is 5.78 Å². The van der Waals surface area contributed by atoms with Gasteiger partial charge in [0.2, 0.25) is 0 Å². The maximum absolute atomic E-state index is 12.3. The van der Waals surface area contributed by atoms with Gasteiger partial charge in [-0.05, 0) is 52.8 Å². The van der Waals surface area contributed by atoms with Gasteiger partial charge in [-0.3, -0.25) is 4.79 Å². The average molecular weight is 425 g/mol. The van der Waals surface area contributed by atoms with E-state index >= 15 is 0 Å². The lowest BCUT2D eigenvalue weighted by Crippen LogP contribution is -2.17. The van der Waals surface area contributed by atoms with Gasteiger partial charge in [-0.2, -0.15) is 0 Å². The maximum Gasteiger partial charge on any atom is 0.130 e. The molecule has 0 radical (unpaired) electrons. The standard InChI is InChI=1S/C28H40O3/c1-10-18-13-21(25(30)23(15-18)27(4,5)6)20(12-17(3)29)22-14-19(11-2)16-24(26(22)31)28(7,8)9/h13-16,20,30-31H,10-12H2,1-9H3. The lowest BCUT2D eigenvalue weighted by molar-refractivity contribution is -0.117. The molecule has 3 heteroatoms. The Morgan fingerprint density at radius 1 is 0.774 bits per heavy atom. The molecule has 0 atom stereocenters. The van der Waals surface area contributed by atoms with Crippen molar-refractivity contribution in [3.63, 3.8) is 0 Å². The first-order valence-corrected chi connectivity index (χ1v) is 11.4. The first-order chi connectivity index (χ1) is 14.2. The van der Waals surface area contributed by atoms with Crippen molar-refractivity contribution in [2.24, 2.45) is 0 Å². The quantitative estimate of drug-likeness (QED) is 0.528. The number of Topliss-reactive ketones (excluding diaryl/α,β-unsaturated/α-hetero) is 1. The number of carbonyl (C=O) groups is 1. The van der Waals surface area contributed by atoms with Crippen molar-refractivity contribution in [1.29, 1.82) is 0 Å². The third kappa shape index (κ3) is 5.50. The summed E-state index contributed by atoms with van der Waals surface area (Å²) in [5.41, 5.74) is 4.95. The van der Waals surface area contributed by atoms with E-state index in [2.05, 4.69) is 67.5 Å². The maximum atomic E-state index is 12.3. The van der Waals surface area contributed by atoms with E-state index in [0.29, 0.717) is 0 Å². The molecule has 0 bridgehead atoms. The minimum atomic E-state index is -0.405. The molecule has 170 valence electrons. The highest BCUT2D eigenvalue weighted by molar-refractivity contribution is 5.78. The van der Waals surface area contributed by atoms with Gasteiger partial charge in [0.05, 0.1) is 0 Å². The van der Waals surface area contributed by atoms with Crippen molar-refractivity contribution in [3.05, 3.63) is 57.6 Å². The highest BCUT2D eigenvalue weighted by Crippen LogP contribution is 2.46. The molecule has 0 aliphatic carbocycles. The van der Waals surface area contributed by atoms with Gasteiger partial charge < -0.3 is 10.2 Å². The van der Waals surface area contributed by atoms with Crippen LogP contribution < -0.4 is 0 Å². The minimum absolute atomic E-state index is 0.0298. The van der Waals surface area contributed by atoms with E-state index in [1.54, 1.807) is 6.92 Å². The van der Waals surface area contributed by atoms with Crippen molar-refractivity contribution in [3.8, 4) is 11.5 Å². The normalized spacial score (nSPS) is 12.5. The SMILES string of the molecule is CCc1cc(C(CC(C)=O)c2cc(CC)cc(C(C)(C)C)c2O)c(O)c(C(C)(C)C)c1. The Bertz CT molecular complexity index is 884. The van der Waals surface area contributed by atoms with Crippen molar-refractivity contribution < 1.29 is 15.0 Å². The molecule has 0 saturated carbocycles. The zero-order chi connectivity index (χ0) is 23.7. The molecule has 0 saturated heterocycles.